The summed E-state index contributed by atoms with van der Waals surface area (Å²) in [5.41, 5.74) is 10.1. The zero-order valence-corrected chi connectivity index (χ0v) is 13.5. The fourth-order valence-electron chi connectivity index (χ4n) is 2.78. The van der Waals surface area contributed by atoms with Crippen LogP contribution >= 0.6 is 0 Å². The Labute approximate surface area is 143 Å². The van der Waals surface area contributed by atoms with Gasteiger partial charge in [0.15, 0.2) is 0 Å². The molecule has 6 nitrogen and oxygen atoms in total. The van der Waals surface area contributed by atoms with Gasteiger partial charge in [0.05, 0.1) is 17.7 Å². The van der Waals surface area contributed by atoms with Crippen molar-refractivity contribution in [2.75, 3.05) is 12.3 Å². The third-order valence-corrected chi connectivity index (χ3v) is 4.20. The quantitative estimate of drug-likeness (QED) is 0.610. The summed E-state index contributed by atoms with van der Waals surface area (Å²) < 4.78 is 38.2. The van der Waals surface area contributed by atoms with Crippen molar-refractivity contribution in [3.8, 4) is 0 Å². The van der Waals surface area contributed by atoms with Gasteiger partial charge in [-0.15, -0.1) is 0 Å². The van der Waals surface area contributed by atoms with Gasteiger partial charge < -0.3 is 22.1 Å². The largest absolute Gasteiger partial charge is 0.416 e. The number of hydrogen-bond acceptors (Lipinski definition) is 4. The number of hydrogen-bond donors (Lipinski definition) is 4. The lowest BCUT2D eigenvalue weighted by molar-refractivity contribution is -0.137. The summed E-state index contributed by atoms with van der Waals surface area (Å²) >= 11 is 0. The summed E-state index contributed by atoms with van der Waals surface area (Å²) in [6.07, 6.45) is -1.03. The molecule has 0 saturated heterocycles. The highest BCUT2D eigenvalue weighted by Gasteiger charge is 2.31. The highest BCUT2D eigenvalue weighted by Crippen LogP contribution is 2.31. The van der Waals surface area contributed by atoms with E-state index in [0.717, 1.165) is 37.8 Å². The van der Waals surface area contributed by atoms with Crippen molar-refractivity contribution >= 4 is 17.5 Å². The first-order chi connectivity index (χ1) is 11.7. The Balaban J connectivity index is 1.94. The number of alkyl halides is 3. The van der Waals surface area contributed by atoms with Crippen molar-refractivity contribution in [2.45, 2.75) is 43.9 Å². The molecule has 2 atom stereocenters. The Morgan fingerprint density at radius 3 is 2.52 bits per heavy atom. The Bertz CT molecular complexity index is 649. The van der Waals surface area contributed by atoms with Crippen molar-refractivity contribution in [3.63, 3.8) is 0 Å². The van der Waals surface area contributed by atoms with Crippen LogP contribution in [0.1, 0.15) is 41.6 Å². The predicted octanol–water partition coefficient (Wildman–Crippen LogP) is 1.40. The number of carbonyl (C=O) groups excluding carboxylic acids is 2. The molecule has 1 aliphatic carbocycles. The molecule has 6 N–H and O–H groups in total. The number of halogens is 3. The van der Waals surface area contributed by atoms with Crippen LogP contribution in [-0.2, 0) is 11.0 Å². The maximum Gasteiger partial charge on any atom is 0.416 e. The fourth-order valence-corrected chi connectivity index (χ4v) is 2.78. The van der Waals surface area contributed by atoms with Gasteiger partial charge in [-0.1, -0.05) is 12.8 Å². The van der Waals surface area contributed by atoms with Crippen molar-refractivity contribution in [3.05, 3.63) is 29.3 Å². The van der Waals surface area contributed by atoms with Gasteiger partial charge in [0.2, 0.25) is 5.91 Å². The zero-order chi connectivity index (χ0) is 18.6. The van der Waals surface area contributed by atoms with Crippen LogP contribution in [0.4, 0.5) is 18.9 Å². The molecule has 1 aliphatic rings. The first-order valence-electron chi connectivity index (χ1n) is 7.98. The lowest BCUT2D eigenvalue weighted by Crippen LogP contribution is -2.51. The zero-order valence-electron chi connectivity index (χ0n) is 13.5. The van der Waals surface area contributed by atoms with Crippen LogP contribution < -0.4 is 22.1 Å². The molecular formula is C16H21F3N4O2. The maximum absolute atomic E-state index is 12.7. The van der Waals surface area contributed by atoms with Gasteiger partial charge in [-0.25, -0.2) is 0 Å². The van der Waals surface area contributed by atoms with Crippen LogP contribution in [0.2, 0.25) is 0 Å². The molecule has 0 aromatic heterocycles. The Kier molecular flexibility index (Phi) is 5.89. The first-order valence-corrected chi connectivity index (χ1v) is 7.98. The van der Waals surface area contributed by atoms with Crippen molar-refractivity contribution < 1.29 is 22.8 Å². The number of benzene rings is 1. The van der Waals surface area contributed by atoms with E-state index in [1.165, 1.54) is 0 Å². The number of amides is 2. The van der Waals surface area contributed by atoms with Gasteiger partial charge in [-0.2, -0.15) is 13.2 Å². The molecule has 1 aromatic rings. The van der Waals surface area contributed by atoms with Crippen molar-refractivity contribution in [1.29, 1.82) is 0 Å². The van der Waals surface area contributed by atoms with E-state index in [1.54, 1.807) is 0 Å². The van der Waals surface area contributed by atoms with Crippen LogP contribution in [0.5, 0.6) is 0 Å². The van der Waals surface area contributed by atoms with E-state index >= 15 is 0 Å². The van der Waals surface area contributed by atoms with Gasteiger partial charge in [-0.05, 0) is 31.0 Å². The maximum atomic E-state index is 12.7. The smallest absolute Gasteiger partial charge is 0.398 e. The van der Waals surface area contributed by atoms with Gasteiger partial charge >= 0.3 is 6.18 Å². The summed E-state index contributed by atoms with van der Waals surface area (Å²) in [4.78, 5) is 24.0. The van der Waals surface area contributed by atoms with E-state index < -0.39 is 23.6 Å². The monoisotopic (exact) mass is 358 g/mol. The number of carbonyl (C=O) groups is 2. The Morgan fingerprint density at radius 2 is 1.88 bits per heavy atom. The van der Waals surface area contributed by atoms with Gasteiger partial charge in [0.25, 0.3) is 5.91 Å². The second-order valence-corrected chi connectivity index (χ2v) is 6.10. The number of nitrogens with two attached hydrogens (primary N) is 2. The molecule has 138 valence electrons. The van der Waals surface area contributed by atoms with E-state index in [-0.39, 0.29) is 29.9 Å². The minimum atomic E-state index is -4.59. The van der Waals surface area contributed by atoms with Crippen LogP contribution in [0.3, 0.4) is 0 Å². The summed E-state index contributed by atoms with van der Waals surface area (Å²) in [6, 6.07) is 2.19. The molecule has 9 heteroatoms. The highest BCUT2D eigenvalue weighted by atomic mass is 19.4. The molecule has 2 amide bonds. The summed E-state index contributed by atoms with van der Waals surface area (Å²) in [5, 5.41) is 5.02. The number of anilines is 1. The molecule has 1 saturated carbocycles. The standard InChI is InChI=1S/C16H21F3N4O2/c17-16(18,19)9-5-6-11(20)10(7-9)15(25)22-8-14(24)23-13-4-2-1-3-12(13)21/h5-7,12-13H,1-4,8,20-21H2,(H,22,25)(H,23,24)/t12-,13+/m1/s1. The molecule has 1 aromatic carbocycles. The van der Waals surface area contributed by atoms with E-state index in [9.17, 15) is 22.8 Å². The van der Waals surface area contributed by atoms with E-state index in [1.807, 2.05) is 0 Å². The Hall–Kier alpha value is -2.29. The fraction of sp³-hybridized carbons (Fsp3) is 0.500. The van der Waals surface area contributed by atoms with Crippen molar-refractivity contribution in [1.82, 2.24) is 10.6 Å². The molecule has 0 aliphatic heterocycles. The summed E-state index contributed by atoms with van der Waals surface area (Å²) in [5.74, 6) is -1.28. The van der Waals surface area contributed by atoms with Crippen LogP contribution in [0, 0.1) is 0 Å². The third-order valence-electron chi connectivity index (χ3n) is 4.20. The van der Waals surface area contributed by atoms with Crippen molar-refractivity contribution in [2.24, 2.45) is 5.73 Å². The van der Waals surface area contributed by atoms with Crippen LogP contribution in [0.25, 0.3) is 0 Å². The molecule has 0 radical (unpaired) electrons. The van der Waals surface area contributed by atoms with Crippen LogP contribution in [0.15, 0.2) is 18.2 Å². The number of nitrogen functional groups attached to an aromatic ring is 1. The molecule has 0 spiro atoms. The summed E-state index contributed by atoms with van der Waals surface area (Å²) in [7, 11) is 0. The third kappa shape index (κ3) is 5.09. The predicted molar refractivity (Wildman–Crippen MR) is 86.6 cm³/mol. The summed E-state index contributed by atoms with van der Waals surface area (Å²) in [6.45, 7) is -0.363. The molecular weight excluding hydrogens is 337 g/mol. The van der Waals surface area contributed by atoms with Gasteiger partial charge in [0, 0.05) is 17.8 Å². The molecule has 1 fully saturated rings. The lowest BCUT2D eigenvalue weighted by Gasteiger charge is -2.29. The topological polar surface area (TPSA) is 110 Å². The minimum Gasteiger partial charge on any atom is -0.398 e. The molecule has 25 heavy (non-hydrogen) atoms. The minimum absolute atomic E-state index is 0.0970. The van der Waals surface area contributed by atoms with E-state index in [0.29, 0.717) is 6.07 Å². The van der Waals surface area contributed by atoms with E-state index in [2.05, 4.69) is 10.6 Å². The lowest BCUT2D eigenvalue weighted by atomic mass is 9.91. The normalized spacial score (nSPS) is 20.8. The van der Waals surface area contributed by atoms with Crippen LogP contribution in [-0.4, -0.2) is 30.4 Å². The van der Waals surface area contributed by atoms with E-state index in [4.69, 9.17) is 11.5 Å². The second kappa shape index (κ2) is 7.73. The number of rotatable bonds is 4. The van der Waals surface area contributed by atoms with Gasteiger partial charge in [0.1, 0.15) is 0 Å². The average Bonchev–Trinajstić information content (AvgIpc) is 2.54. The SMILES string of the molecule is Nc1ccc(C(F)(F)F)cc1C(=O)NCC(=O)N[C@H]1CCCC[C@H]1N. The Morgan fingerprint density at radius 1 is 1.20 bits per heavy atom. The molecule has 0 bridgehead atoms. The molecule has 2 rings (SSSR count). The second-order valence-electron chi connectivity index (χ2n) is 6.10. The first kappa shape index (κ1) is 19.0. The highest BCUT2D eigenvalue weighted by molar-refractivity contribution is 6.00. The molecule has 0 heterocycles. The average molecular weight is 358 g/mol. The molecule has 0 unspecified atom stereocenters. The van der Waals surface area contributed by atoms with Gasteiger partial charge in [-0.3, -0.25) is 9.59 Å². The number of nitrogens with one attached hydrogen (secondary N) is 2.